The van der Waals surface area contributed by atoms with Gasteiger partial charge in [-0.25, -0.2) is 0 Å². The van der Waals surface area contributed by atoms with Crippen LogP contribution in [0.1, 0.15) is 66.5 Å². The van der Waals surface area contributed by atoms with E-state index in [9.17, 15) is 4.79 Å². The van der Waals surface area contributed by atoms with Gasteiger partial charge in [-0.3, -0.25) is 4.79 Å². The second-order valence-corrected chi connectivity index (χ2v) is 13.6. The van der Waals surface area contributed by atoms with Gasteiger partial charge < -0.3 is 15.1 Å². The van der Waals surface area contributed by atoms with E-state index in [1.807, 2.05) is 36.7 Å². The number of hydrogen-bond acceptors (Lipinski definition) is 4. The third-order valence-electron chi connectivity index (χ3n) is 7.60. The van der Waals surface area contributed by atoms with Crippen LogP contribution < -0.4 is 0 Å². The zero-order chi connectivity index (χ0) is 34.2. The second kappa shape index (κ2) is 16.6. The number of carbonyl (C=O) groups is 1. The molecule has 5 heteroatoms. The van der Waals surface area contributed by atoms with E-state index in [1.165, 1.54) is 52.6 Å². The smallest absolute Gasteiger partial charge is 0.155 e. The summed E-state index contributed by atoms with van der Waals surface area (Å²) in [5.41, 5.74) is 7.02. The minimum Gasteiger partial charge on any atom is -0.512 e. The van der Waals surface area contributed by atoms with E-state index in [1.54, 1.807) is 0 Å². The molecule has 0 aliphatic rings. The van der Waals surface area contributed by atoms with E-state index in [2.05, 4.69) is 136 Å². The molecule has 0 saturated carbocycles. The molecule has 0 atom stereocenters. The number of fused-ring (bicyclic) bond motifs is 2. The van der Waals surface area contributed by atoms with Crippen LogP contribution in [0.3, 0.4) is 0 Å². The summed E-state index contributed by atoms with van der Waals surface area (Å²) in [5, 5.41) is 13.1. The first-order chi connectivity index (χ1) is 22.2. The molecule has 48 heavy (non-hydrogen) atoms. The Hall–Kier alpha value is -4.44. The van der Waals surface area contributed by atoms with Crippen molar-refractivity contribution in [3.05, 3.63) is 145 Å². The summed E-state index contributed by atoms with van der Waals surface area (Å²) in [7, 11) is 0. The van der Waals surface area contributed by atoms with E-state index in [0.29, 0.717) is 0 Å². The fraction of sp³-hybridized carbons (Fsp3) is 0.233. The van der Waals surface area contributed by atoms with Gasteiger partial charge >= 0.3 is 0 Å². The molecule has 0 fully saturated rings. The summed E-state index contributed by atoms with van der Waals surface area (Å²) in [6.45, 7) is 16.2. The Balaban J connectivity index is 0.000000215. The molecular weight excluding hydrogens is 769 g/mol. The number of nitrogens with zero attached hydrogens (tertiary/aromatic N) is 2. The molecule has 1 N–H and O–H groups in total. The number of aliphatic hydroxyl groups excluding tert-OH is 1. The average Bonchev–Trinajstić information content (AvgIpc) is 3.03. The number of benzene rings is 4. The van der Waals surface area contributed by atoms with Crippen molar-refractivity contribution >= 4 is 27.3 Å². The molecule has 1 radical (unpaired) electrons. The standard InChI is InChI=1S/2C19H18N.C5H8O2.Ir/c2*1-19(2,3)16-9-6-8-15(13-16)18-17-10-5-4-7-14(17)11-12-20-18;1-4(6)3-5(2)7;/h2*4-7,9-13H,1-3H3;3,6H,1-2H3;/q2*-1;;. The van der Waals surface area contributed by atoms with Crippen molar-refractivity contribution in [2.24, 2.45) is 0 Å². The summed E-state index contributed by atoms with van der Waals surface area (Å²) in [5.74, 6) is -0.0625. The third kappa shape index (κ3) is 10.3. The molecule has 249 valence electrons. The molecule has 0 bridgehead atoms. The number of allylic oxidation sites excluding steroid dienone is 2. The maximum atomic E-state index is 10.0. The molecule has 4 aromatic carbocycles. The Morgan fingerprint density at radius 3 is 1.38 bits per heavy atom. The topological polar surface area (TPSA) is 63.1 Å². The molecule has 0 aliphatic heterocycles. The van der Waals surface area contributed by atoms with Crippen molar-refractivity contribution in [1.29, 1.82) is 0 Å². The Kier molecular flexibility index (Phi) is 13.1. The summed E-state index contributed by atoms with van der Waals surface area (Å²) < 4.78 is 0. The van der Waals surface area contributed by atoms with E-state index in [0.717, 1.165) is 22.5 Å². The van der Waals surface area contributed by atoms with Gasteiger partial charge in [0.1, 0.15) is 0 Å². The maximum absolute atomic E-state index is 10.0. The molecule has 0 aliphatic carbocycles. The molecule has 0 amide bonds. The van der Waals surface area contributed by atoms with Gasteiger partial charge in [0.25, 0.3) is 0 Å². The normalized spacial score (nSPS) is 11.5. The van der Waals surface area contributed by atoms with Gasteiger partial charge in [-0.2, -0.15) is 0 Å². The Bertz CT molecular complexity index is 1870. The number of rotatable bonds is 3. The van der Waals surface area contributed by atoms with Gasteiger partial charge in [0.05, 0.1) is 5.76 Å². The monoisotopic (exact) mass is 813 g/mol. The molecule has 2 heterocycles. The number of aliphatic hydroxyl groups is 1. The molecule has 0 spiro atoms. The van der Waals surface area contributed by atoms with Crippen molar-refractivity contribution < 1.29 is 30.0 Å². The van der Waals surface area contributed by atoms with Gasteiger partial charge in [-0.15, -0.1) is 70.8 Å². The van der Waals surface area contributed by atoms with Crippen molar-refractivity contribution in [3.8, 4) is 22.5 Å². The van der Waals surface area contributed by atoms with Crippen LogP contribution in [0.2, 0.25) is 0 Å². The number of aromatic nitrogens is 2. The molecule has 6 rings (SSSR count). The third-order valence-corrected chi connectivity index (χ3v) is 7.60. The van der Waals surface area contributed by atoms with Crippen LogP contribution in [0.25, 0.3) is 44.1 Å². The van der Waals surface area contributed by atoms with Crippen molar-refractivity contribution in [2.45, 2.75) is 66.2 Å². The van der Waals surface area contributed by atoms with Gasteiger partial charge in [-0.1, -0.05) is 90.1 Å². The molecule has 4 nitrogen and oxygen atoms in total. The summed E-state index contributed by atoms with van der Waals surface area (Å²) in [6, 6.07) is 40.1. The Morgan fingerprint density at radius 2 is 1.04 bits per heavy atom. The van der Waals surface area contributed by atoms with Crippen LogP contribution in [-0.2, 0) is 35.7 Å². The summed E-state index contributed by atoms with van der Waals surface area (Å²) in [6.07, 6.45) is 4.91. The van der Waals surface area contributed by atoms with Crippen LogP contribution in [0, 0.1) is 12.1 Å². The summed E-state index contributed by atoms with van der Waals surface area (Å²) in [4.78, 5) is 19.2. The minimum absolute atomic E-state index is 0. The van der Waals surface area contributed by atoms with Crippen LogP contribution in [0.4, 0.5) is 0 Å². The number of ketones is 1. The van der Waals surface area contributed by atoms with E-state index in [-0.39, 0.29) is 42.5 Å². The average molecular weight is 813 g/mol. The van der Waals surface area contributed by atoms with Crippen LogP contribution in [0.5, 0.6) is 0 Å². The maximum Gasteiger partial charge on any atom is 0.155 e. The van der Waals surface area contributed by atoms with E-state index in [4.69, 9.17) is 5.11 Å². The van der Waals surface area contributed by atoms with Crippen molar-refractivity contribution in [1.82, 2.24) is 9.97 Å². The Labute approximate surface area is 299 Å². The SMILES string of the molecule is CC(=O)C=C(C)O.CC(C)(C)c1cc[c-]c(-c2nccc3ccccc23)c1.CC(C)(C)c1cc[c-]c(-c2nccc3ccccc23)c1.[Ir]. The fourth-order valence-corrected chi connectivity index (χ4v) is 5.10. The molecule has 6 aromatic rings. The molecule has 0 unspecified atom stereocenters. The van der Waals surface area contributed by atoms with Crippen LogP contribution in [0.15, 0.2) is 121 Å². The largest absolute Gasteiger partial charge is 0.512 e. The molecular formula is C43H44IrN2O2-2. The van der Waals surface area contributed by atoms with Crippen molar-refractivity contribution in [2.75, 3.05) is 0 Å². The first-order valence-corrected chi connectivity index (χ1v) is 15.8. The summed E-state index contributed by atoms with van der Waals surface area (Å²) >= 11 is 0. The van der Waals surface area contributed by atoms with E-state index < -0.39 is 0 Å². The van der Waals surface area contributed by atoms with Gasteiger partial charge in [-0.05, 0) is 69.7 Å². The zero-order valence-electron chi connectivity index (χ0n) is 29.1. The predicted octanol–water partition coefficient (Wildman–Crippen LogP) is 11.0. The quantitative estimate of drug-likeness (QED) is 0.110. The van der Waals surface area contributed by atoms with Crippen LogP contribution >= 0.6 is 0 Å². The van der Waals surface area contributed by atoms with Crippen molar-refractivity contribution in [3.63, 3.8) is 0 Å². The zero-order valence-corrected chi connectivity index (χ0v) is 31.4. The van der Waals surface area contributed by atoms with E-state index >= 15 is 0 Å². The molecule has 0 saturated heterocycles. The van der Waals surface area contributed by atoms with Gasteiger partial charge in [0.2, 0.25) is 0 Å². The number of hydrogen-bond donors (Lipinski definition) is 1. The number of carbonyl (C=O) groups excluding carboxylic acids is 1. The van der Waals surface area contributed by atoms with Crippen LogP contribution in [-0.4, -0.2) is 20.9 Å². The first kappa shape index (κ1) is 38.0. The fourth-order valence-electron chi connectivity index (χ4n) is 5.10. The number of pyridine rings is 2. The first-order valence-electron chi connectivity index (χ1n) is 15.8. The minimum atomic E-state index is -0.125. The molecule has 2 aromatic heterocycles. The van der Waals surface area contributed by atoms with Gasteiger partial charge in [0.15, 0.2) is 5.78 Å². The Morgan fingerprint density at radius 1 is 0.646 bits per heavy atom. The van der Waals surface area contributed by atoms with Gasteiger partial charge in [0, 0.05) is 38.6 Å². The predicted molar refractivity (Wildman–Crippen MR) is 196 cm³/mol. The second-order valence-electron chi connectivity index (χ2n) is 13.6.